The molecule has 1 saturated heterocycles. The SMILES string of the molecule is CC(=O)NC[C@H]1CCN(CC(=O)O)C1. The number of amides is 1. The fourth-order valence-electron chi connectivity index (χ4n) is 1.70. The van der Waals surface area contributed by atoms with Crippen molar-refractivity contribution in [3.05, 3.63) is 0 Å². The molecule has 5 nitrogen and oxygen atoms in total. The van der Waals surface area contributed by atoms with Crippen LogP contribution in [0.4, 0.5) is 0 Å². The Balaban J connectivity index is 2.20. The number of rotatable bonds is 4. The minimum Gasteiger partial charge on any atom is -0.480 e. The Hall–Kier alpha value is -1.10. The maximum atomic E-state index is 10.6. The van der Waals surface area contributed by atoms with Crippen molar-refractivity contribution in [2.24, 2.45) is 5.92 Å². The van der Waals surface area contributed by atoms with Crippen LogP contribution in [0.3, 0.4) is 0 Å². The standard InChI is InChI=1S/C9H16N2O3/c1-7(12)10-4-8-2-3-11(5-8)6-9(13)14/h8H,2-6H2,1H3,(H,10,12)(H,13,14)/t8-/m1/s1. The number of carbonyl (C=O) groups is 2. The Morgan fingerprint density at radius 2 is 2.29 bits per heavy atom. The van der Waals surface area contributed by atoms with Crippen molar-refractivity contribution in [1.82, 2.24) is 10.2 Å². The average molecular weight is 200 g/mol. The molecule has 80 valence electrons. The van der Waals surface area contributed by atoms with Crippen molar-refractivity contribution in [3.63, 3.8) is 0 Å². The Labute approximate surface area is 83.1 Å². The first kappa shape index (κ1) is 11.0. The molecule has 0 aromatic carbocycles. The van der Waals surface area contributed by atoms with E-state index in [1.807, 2.05) is 4.90 Å². The van der Waals surface area contributed by atoms with Crippen molar-refractivity contribution >= 4 is 11.9 Å². The van der Waals surface area contributed by atoms with Gasteiger partial charge < -0.3 is 10.4 Å². The topological polar surface area (TPSA) is 69.6 Å². The van der Waals surface area contributed by atoms with Crippen LogP contribution in [0, 0.1) is 5.92 Å². The zero-order valence-corrected chi connectivity index (χ0v) is 8.32. The molecule has 1 aliphatic rings. The van der Waals surface area contributed by atoms with Gasteiger partial charge in [-0.25, -0.2) is 0 Å². The van der Waals surface area contributed by atoms with Crippen LogP contribution >= 0.6 is 0 Å². The second-order valence-electron chi connectivity index (χ2n) is 3.72. The van der Waals surface area contributed by atoms with Gasteiger partial charge in [0.25, 0.3) is 0 Å². The normalized spacial score (nSPS) is 22.2. The van der Waals surface area contributed by atoms with E-state index < -0.39 is 5.97 Å². The van der Waals surface area contributed by atoms with Crippen molar-refractivity contribution < 1.29 is 14.7 Å². The number of carboxylic acid groups (broad SMARTS) is 1. The molecule has 0 bridgehead atoms. The van der Waals surface area contributed by atoms with Gasteiger partial charge in [-0.3, -0.25) is 14.5 Å². The molecule has 0 unspecified atom stereocenters. The molecule has 1 aliphatic heterocycles. The number of hydrogen-bond donors (Lipinski definition) is 2. The van der Waals surface area contributed by atoms with E-state index in [-0.39, 0.29) is 12.5 Å². The van der Waals surface area contributed by atoms with Gasteiger partial charge in [-0.2, -0.15) is 0 Å². The van der Waals surface area contributed by atoms with Gasteiger partial charge in [0.1, 0.15) is 0 Å². The lowest BCUT2D eigenvalue weighted by Gasteiger charge is -2.13. The van der Waals surface area contributed by atoms with Gasteiger partial charge in [-0.15, -0.1) is 0 Å². The van der Waals surface area contributed by atoms with Gasteiger partial charge in [-0.1, -0.05) is 0 Å². The van der Waals surface area contributed by atoms with Gasteiger partial charge in [0.05, 0.1) is 6.54 Å². The van der Waals surface area contributed by atoms with E-state index >= 15 is 0 Å². The smallest absolute Gasteiger partial charge is 0.317 e. The first-order valence-electron chi connectivity index (χ1n) is 4.76. The number of hydrogen-bond acceptors (Lipinski definition) is 3. The molecule has 2 N–H and O–H groups in total. The highest BCUT2D eigenvalue weighted by molar-refractivity contribution is 5.72. The number of nitrogens with zero attached hydrogens (tertiary/aromatic N) is 1. The molecule has 0 saturated carbocycles. The molecule has 14 heavy (non-hydrogen) atoms. The van der Waals surface area contributed by atoms with Crippen LogP contribution in [-0.4, -0.2) is 48.1 Å². The Kier molecular flexibility index (Phi) is 3.88. The van der Waals surface area contributed by atoms with E-state index in [1.165, 1.54) is 6.92 Å². The van der Waals surface area contributed by atoms with Crippen LogP contribution in [0.15, 0.2) is 0 Å². The second kappa shape index (κ2) is 4.95. The van der Waals surface area contributed by atoms with E-state index in [4.69, 9.17) is 5.11 Å². The second-order valence-corrected chi connectivity index (χ2v) is 3.72. The van der Waals surface area contributed by atoms with Gasteiger partial charge in [0.2, 0.25) is 5.91 Å². The lowest BCUT2D eigenvalue weighted by atomic mass is 10.1. The summed E-state index contributed by atoms with van der Waals surface area (Å²) in [5, 5.41) is 11.3. The zero-order chi connectivity index (χ0) is 10.6. The Morgan fingerprint density at radius 3 is 2.86 bits per heavy atom. The summed E-state index contributed by atoms with van der Waals surface area (Å²) in [7, 11) is 0. The molecule has 0 aromatic rings. The summed E-state index contributed by atoms with van der Waals surface area (Å²) in [6.45, 7) is 3.84. The summed E-state index contributed by atoms with van der Waals surface area (Å²) in [6.07, 6.45) is 0.966. The van der Waals surface area contributed by atoms with Gasteiger partial charge in [0.15, 0.2) is 0 Å². The van der Waals surface area contributed by atoms with E-state index in [0.29, 0.717) is 12.5 Å². The number of carbonyl (C=O) groups excluding carboxylic acids is 1. The third kappa shape index (κ3) is 3.74. The predicted molar refractivity (Wildman–Crippen MR) is 50.9 cm³/mol. The van der Waals surface area contributed by atoms with Crippen molar-refractivity contribution in [3.8, 4) is 0 Å². The number of aliphatic carboxylic acids is 1. The lowest BCUT2D eigenvalue weighted by molar-refractivity contribution is -0.138. The third-order valence-electron chi connectivity index (χ3n) is 2.37. The summed E-state index contributed by atoms with van der Waals surface area (Å²) in [5.74, 6) is -0.412. The molecular weight excluding hydrogens is 184 g/mol. The van der Waals surface area contributed by atoms with E-state index in [9.17, 15) is 9.59 Å². The monoisotopic (exact) mass is 200 g/mol. The summed E-state index contributed by atoms with van der Waals surface area (Å²) in [5.41, 5.74) is 0. The summed E-state index contributed by atoms with van der Waals surface area (Å²) >= 11 is 0. The predicted octanol–water partition coefficient (Wildman–Crippen LogP) is -0.471. The van der Waals surface area contributed by atoms with Crippen molar-refractivity contribution in [2.75, 3.05) is 26.2 Å². The Morgan fingerprint density at radius 1 is 1.57 bits per heavy atom. The lowest BCUT2D eigenvalue weighted by Crippen LogP contribution is -2.31. The minimum absolute atomic E-state index is 0.0262. The molecule has 0 radical (unpaired) electrons. The highest BCUT2D eigenvalue weighted by Gasteiger charge is 2.23. The molecule has 1 amide bonds. The van der Waals surface area contributed by atoms with Crippen LogP contribution in [0.25, 0.3) is 0 Å². The first-order chi connectivity index (χ1) is 6.58. The van der Waals surface area contributed by atoms with Crippen LogP contribution in [0.2, 0.25) is 0 Å². The van der Waals surface area contributed by atoms with E-state index in [1.54, 1.807) is 0 Å². The highest BCUT2D eigenvalue weighted by atomic mass is 16.4. The molecule has 0 aromatic heterocycles. The number of carboxylic acids is 1. The summed E-state index contributed by atoms with van der Waals surface area (Å²) < 4.78 is 0. The highest BCUT2D eigenvalue weighted by Crippen LogP contribution is 2.14. The van der Waals surface area contributed by atoms with Gasteiger partial charge in [-0.05, 0) is 18.9 Å². The van der Waals surface area contributed by atoms with Gasteiger partial charge >= 0.3 is 5.97 Å². The van der Waals surface area contributed by atoms with Crippen molar-refractivity contribution in [2.45, 2.75) is 13.3 Å². The van der Waals surface area contributed by atoms with Gasteiger partial charge in [0, 0.05) is 20.0 Å². The molecule has 1 fully saturated rings. The van der Waals surface area contributed by atoms with Crippen molar-refractivity contribution in [1.29, 1.82) is 0 Å². The van der Waals surface area contributed by atoms with E-state index in [0.717, 1.165) is 19.5 Å². The summed E-state index contributed by atoms with van der Waals surface area (Å²) in [4.78, 5) is 23.0. The Bertz CT molecular complexity index is 230. The molecule has 1 rings (SSSR count). The van der Waals surface area contributed by atoms with Crippen LogP contribution in [-0.2, 0) is 9.59 Å². The molecule has 0 spiro atoms. The quantitative estimate of drug-likeness (QED) is 0.643. The van der Waals surface area contributed by atoms with E-state index in [2.05, 4.69) is 5.32 Å². The van der Waals surface area contributed by atoms with Crippen LogP contribution in [0.1, 0.15) is 13.3 Å². The maximum absolute atomic E-state index is 10.6. The van der Waals surface area contributed by atoms with Crippen LogP contribution in [0.5, 0.6) is 0 Å². The number of likely N-dealkylation sites (tertiary alicyclic amines) is 1. The molecule has 0 aliphatic carbocycles. The minimum atomic E-state index is -0.787. The summed E-state index contributed by atoms with van der Waals surface area (Å²) in [6, 6.07) is 0. The fourth-order valence-corrected chi connectivity index (χ4v) is 1.70. The average Bonchev–Trinajstić information content (AvgIpc) is 2.47. The molecule has 1 atom stereocenters. The molecular formula is C9H16N2O3. The zero-order valence-electron chi connectivity index (χ0n) is 8.32. The fraction of sp³-hybridized carbons (Fsp3) is 0.778. The molecule has 1 heterocycles. The van der Waals surface area contributed by atoms with Crippen LogP contribution < -0.4 is 5.32 Å². The maximum Gasteiger partial charge on any atom is 0.317 e. The largest absolute Gasteiger partial charge is 0.480 e. The third-order valence-corrected chi connectivity index (χ3v) is 2.37. The first-order valence-corrected chi connectivity index (χ1v) is 4.76. The molecule has 5 heteroatoms. The number of nitrogens with one attached hydrogen (secondary N) is 1.